The Hall–Kier alpha value is -3.11. The Labute approximate surface area is 243 Å². The highest BCUT2D eigenvalue weighted by atomic mass is 16.5. The van der Waals surface area contributed by atoms with Gasteiger partial charge >= 0.3 is 0 Å². The number of amides is 2. The second-order valence-corrected chi connectivity index (χ2v) is 11.9. The first-order valence-electron chi connectivity index (χ1n) is 15.1. The van der Waals surface area contributed by atoms with Crippen molar-refractivity contribution in [1.82, 2.24) is 25.3 Å². The van der Waals surface area contributed by atoms with Gasteiger partial charge in [0.1, 0.15) is 0 Å². The van der Waals surface area contributed by atoms with E-state index in [1.165, 1.54) is 0 Å². The highest BCUT2D eigenvalue weighted by Crippen LogP contribution is 2.34. The molecule has 1 aliphatic heterocycles. The van der Waals surface area contributed by atoms with Crippen LogP contribution in [0.4, 0.5) is 0 Å². The van der Waals surface area contributed by atoms with Crippen LogP contribution in [0.15, 0.2) is 18.2 Å². The van der Waals surface area contributed by atoms with Crippen LogP contribution in [-0.4, -0.2) is 97.5 Å². The van der Waals surface area contributed by atoms with Gasteiger partial charge < -0.3 is 29.3 Å². The first-order chi connectivity index (χ1) is 19.9. The monoisotopic (exact) mass is 567 g/mol. The van der Waals surface area contributed by atoms with Crippen LogP contribution in [0.25, 0.3) is 0 Å². The number of H-pyrrole nitrogens is 1. The average molecular weight is 568 g/mol. The predicted molar refractivity (Wildman–Crippen MR) is 156 cm³/mol. The molecule has 224 valence electrons. The fraction of sp³-hybridized carbons (Fsp3) is 0.645. The molecule has 2 amide bonds. The molecule has 0 radical (unpaired) electrons. The molecule has 5 rings (SSSR count). The Morgan fingerprint density at radius 3 is 2.51 bits per heavy atom. The second-order valence-electron chi connectivity index (χ2n) is 11.9. The number of aryl methyl sites for hydroxylation is 1. The third kappa shape index (κ3) is 6.70. The van der Waals surface area contributed by atoms with Gasteiger partial charge in [-0.2, -0.15) is 5.10 Å². The van der Waals surface area contributed by atoms with E-state index in [9.17, 15) is 9.59 Å². The molecule has 2 atom stereocenters. The summed E-state index contributed by atoms with van der Waals surface area (Å²) in [5.41, 5.74) is 3.43. The summed E-state index contributed by atoms with van der Waals surface area (Å²) in [4.78, 5) is 31.5. The largest absolute Gasteiger partial charge is 0.493 e. The molecule has 1 aromatic heterocycles. The minimum atomic E-state index is -0.0303. The number of rotatable bonds is 14. The molecule has 3 aliphatic rings. The van der Waals surface area contributed by atoms with E-state index in [-0.39, 0.29) is 29.7 Å². The summed E-state index contributed by atoms with van der Waals surface area (Å²) in [5, 5.41) is 11.1. The maximum Gasteiger partial charge on any atom is 0.274 e. The smallest absolute Gasteiger partial charge is 0.274 e. The molecule has 1 saturated heterocycles. The van der Waals surface area contributed by atoms with Crippen LogP contribution < -0.4 is 14.8 Å². The zero-order valence-corrected chi connectivity index (χ0v) is 24.9. The normalized spacial score (nSPS) is 19.8. The third-order valence-corrected chi connectivity index (χ3v) is 8.64. The van der Waals surface area contributed by atoms with Crippen molar-refractivity contribution >= 4 is 11.8 Å². The number of aromatic nitrogens is 2. The molecule has 0 spiro atoms. The number of aromatic amines is 1. The van der Waals surface area contributed by atoms with E-state index < -0.39 is 0 Å². The number of methoxy groups -OCH3 is 2. The van der Waals surface area contributed by atoms with E-state index in [4.69, 9.17) is 14.2 Å². The molecular formula is C31H45N5O5. The summed E-state index contributed by atoms with van der Waals surface area (Å²) in [6, 6.07) is 5.69. The van der Waals surface area contributed by atoms with Crippen LogP contribution >= 0.6 is 0 Å². The highest BCUT2D eigenvalue weighted by Gasteiger charge is 2.40. The van der Waals surface area contributed by atoms with Crippen molar-refractivity contribution in [3.05, 3.63) is 40.7 Å². The van der Waals surface area contributed by atoms with Gasteiger partial charge in [0.2, 0.25) is 0 Å². The zero-order valence-electron chi connectivity index (χ0n) is 24.9. The molecule has 1 aromatic carbocycles. The van der Waals surface area contributed by atoms with Crippen LogP contribution in [0.3, 0.4) is 0 Å². The van der Waals surface area contributed by atoms with E-state index in [1.807, 2.05) is 4.90 Å². The van der Waals surface area contributed by atoms with Crippen molar-refractivity contribution in [3.63, 3.8) is 0 Å². The molecule has 41 heavy (non-hydrogen) atoms. The molecule has 0 unspecified atom stereocenters. The van der Waals surface area contributed by atoms with Gasteiger partial charge in [0, 0.05) is 75.2 Å². The number of carbonyl (C=O) groups is 2. The molecule has 10 heteroatoms. The summed E-state index contributed by atoms with van der Waals surface area (Å²) in [7, 11) is 3.26. The molecule has 0 bridgehead atoms. The lowest BCUT2D eigenvalue weighted by Crippen LogP contribution is -2.45. The van der Waals surface area contributed by atoms with Crippen molar-refractivity contribution in [3.8, 4) is 11.5 Å². The summed E-state index contributed by atoms with van der Waals surface area (Å²) in [6.07, 6.45) is 5.82. The van der Waals surface area contributed by atoms with Crippen LogP contribution in [0.5, 0.6) is 11.5 Å². The minimum absolute atomic E-state index is 0.0183. The molecular weight excluding hydrogens is 522 g/mol. The third-order valence-electron chi connectivity index (χ3n) is 8.64. The Balaban J connectivity index is 1.27. The number of fused-ring (bicyclic) bond motifs is 1. The summed E-state index contributed by atoms with van der Waals surface area (Å²) < 4.78 is 16.5. The van der Waals surface area contributed by atoms with Gasteiger partial charge in [-0.25, -0.2) is 0 Å². The first kappa shape index (κ1) is 29.4. The molecule has 10 nitrogen and oxygen atoms in total. The summed E-state index contributed by atoms with van der Waals surface area (Å²) in [5.74, 6) is 1.69. The lowest BCUT2D eigenvalue weighted by Gasteiger charge is -2.33. The lowest BCUT2D eigenvalue weighted by atomic mass is 9.93. The Kier molecular flexibility index (Phi) is 9.49. The predicted octanol–water partition coefficient (Wildman–Crippen LogP) is 3.31. The van der Waals surface area contributed by atoms with Crippen LogP contribution in [0.2, 0.25) is 0 Å². The van der Waals surface area contributed by atoms with Gasteiger partial charge in [0.15, 0.2) is 17.2 Å². The van der Waals surface area contributed by atoms with Crippen LogP contribution in [0, 0.1) is 11.8 Å². The first-order valence-corrected chi connectivity index (χ1v) is 15.1. The average Bonchev–Trinajstić information content (AvgIpc) is 3.34. The van der Waals surface area contributed by atoms with E-state index >= 15 is 0 Å². The molecule has 2 fully saturated rings. The fourth-order valence-electron chi connectivity index (χ4n) is 6.14. The van der Waals surface area contributed by atoms with Crippen molar-refractivity contribution in [2.75, 3.05) is 53.6 Å². The number of ether oxygens (including phenoxy) is 3. The Morgan fingerprint density at radius 2 is 1.80 bits per heavy atom. The second kappa shape index (κ2) is 13.2. The number of benzene rings is 1. The SMILES string of the molecule is COCCCOc1cc(C(=O)N(C[C@@H]2CNC[C@H]2CN(C(=O)c2n[nH]c3c2CCC3)C2CC2)C(C)C)ccc1OC. The Bertz CT molecular complexity index is 1210. The van der Waals surface area contributed by atoms with Crippen LogP contribution in [-0.2, 0) is 17.6 Å². The number of hydrogen-bond acceptors (Lipinski definition) is 7. The van der Waals surface area contributed by atoms with Crippen LogP contribution in [0.1, 0.15) is 71.6 Å². The van der Waals surface area contributed by atoms with Crippen molar-refractivity contribution in [2.45, 2.75) is 64.5 Å². The molecule has 1 saturated carbocycles. The van der Waals surface area contributed by atoms with E-state index in [0.717, 1.165) is 62.9 Å². The summed E-state index contributed by atoms with van der Waals surface area (Å²) in [6.45, 7) is 8.15. The van der Waals surface area contributed by atoms with E-state index in [0.29, 0.717) is 55.1 Å². The number of nitrogens with zero attached hydrogens (tertiary/aromatic N) is 3. The zero-order chi connectivity index (χ0) is 28.9. The van der Waals surface area contributed by atoms with Gasteiger partial charge in [0.25, 0.3) is 11.8 Å². The van der Waals surface area contributed by atoms with Crippen molar-refractivity contribution in [1.29, 1.82) is 0 Å². The van der Waals surface area contributed by atoms with Gasteiger partial charge in [-0.15, -0.1) is 0 Å². The van der Waals surface area contributed by atoms with Gasteiger partial charge in [-0.05, 0) is 76.0 Å². The molecule has 2 heterocycles. The number of nitrogens with one attached hydrogen (secondary N) is 2. The quantitative estimate of drug-likeness (QED) is 0.337. The molecule has 2 aliphatic carbocycles. The topological polar surface area (TPSA) is 109 Å². The Morgan fingerprint density at radius 1 is 1.02 bits per heavy atom. The van der Waals surface area contributed by atoms with E-state index in [2.05, 4.69) is 34.3 Å². The van der Waals surface area contributed by atoms with Crippen molar-refractivity contribution < 1.29 is 23.8 Å². The standard InChI is InChI=1S/C31H45N5O5/c1-20(2)35(30(37)21-9-12-27(40-4)28(15-21)41-14-6-13-39-3)18-22-16-32-17-23(22)19-36(24-10-11-24)31(38)29-25-7-5-8-26(25)33-34-29/h9,12,15,20,22-24,32H,5-8,10-11,13-14,16-19H2,1-4H3,(H,33,34)/t22-,23-/m0/s1. The summed E-state index contributed by atoms with van der Waals surface area (Å²) >= 11 is 0. The van der Waals surface area contributed by atoms with Gasteiger partial charge in [0.05, 0.1) is 13.7 Å². The van der Waals surface area contributed by atoms with Gasteiger partial charge in [-0.3, -0.25) is 14.7 Å². The number of hydrogen-bond donors (Lipinski definition) is 2. The minimum Gasteiger partial charge on any atom is -0.493 e. The fourth-order valence-corrected chi connectivity index (χ4v) is 6.14. The highest BCUT2D eigenvalue weighted by molar-refractivity contribution is 5.95. The lowest BCUT2D eigenvalue weighted by molar-refractivity contribution is 0.0610. The van der Waals surface area contributed by atoms with Gasteiger partial charge in [-0.1, -0.05) is 0 Å². The molecule has 2 aromatic rings. The van der Waals surface area contributed by atoms with Crippen molar-refractivity contribution in [2.24, 2.45) is 11.8 Å². The maximum absolute atomic E-state index is 13.8. The maximum atomic E-state index is 13.8. The molecule has 2 N–H and O–H groups in total. The van der Waals surface area contributed by atoms with E-state index in [1.54, 1.807) is 32.4 Å². The number of carbonyl (C=O) groups excluding carboxylic acids is 2.